The number of carbonyl (C=O) groups is 2. The van der Waals surface area contributed by atoms with Crippen molar-refractivity contribution >= 4 is 11.9 Å². The summed E-state index contributed by atoms with van der Waals surface area (Å²) in [6.07, 6.45) is 11.6. The van der Waals surface area contributed by atoms with Gasteiger partial charge in [-0.25, -0.2) is 0 Å². The molecule has 4 rings (SSSR count). The van der Waals surface area contributed by atoms with Crippen LogP contribution in [0.4, 0.5) is 0 Å². The second-order valence-corrected chi connectivity index (χ2v) is 10.1. The van der Waals surface area contributed by atoms with Gasteiger partial charge in [0.1, 0.15) is 6.10 Å². The summed E-state index contributed by atoms with van der Waals surface area (Å²) in [6, 6.07) is 0.346. The Bertz CT molecular complexity index is 671. The Morgan fingerprint density at radius 1 is 1.07 bits per heavy atom. The first-order chi connectivity index (χ1) is 12.7. The maximum Gasteiger partial charge on any atom is 0.302 e. The number of nitrogens with one attached hydrogen (secondary N) is 1. The molecule has 4 heteroatoms. The van der Waals surface area contributed by atoms with Crippen LogP contribution < -0.4 is 5.32 Å². The summed E-state index contributed by atoms with van der Waals surface area (Å²) in [6.45, 7) is 8.08. The molecular weight excluding hydrogens is 338 g/mol. The van der Waals surface area contributed by atoms with E-state index in [2.05, 4.69) is 25.2 Å². The topological polar surface area (TPSA) is 55.4 Å². The lowest BCUT2D eigenvalue weighted by Gasteiger charge is -2.58. The predicted molar refractivity (Wildman–Crippen MR) is 105 cm³/mol. The minimum Gasteiger partial charge on any atom is -0.462 e. The van der Waals surface area contributed by atoms with Crippen LogP contribution in [0.2, 0.25) is 0 Å². The van der Waals surface area contributed by atoms with Gasteiger partial charge in [-0.1, -0.05) is 25.5 Å². The molecule has 0 saturated heterocycles. The minimum atomic E-state index is -0.152. The maximum atomic E-state index is 11.7. The molecular formula is C23H35NO3. The largest absolute Gasteiger partial charge is 0.462 e. The quantitative estimate of drug-likeness (QED) is 0.577. The molecule has 1 amide bonds. The summed E-state index contributed by atoms with van der Waals surface area (Å²) in [4.78, 5) is 23.1. The molecule has 1 N–H and O–H groups in total. The van der Waals surface area contributed by atoms with E-state index in [4.69, 9.17) is 4.74 Å². The molecule has 4 aliphatic carbocycles. The van der Waals surface area contributed by atoms with Crippen molar-refractivity contribution in [2.24, 2.45) is 28.6 Å². The van der Waals surface area contributed by atoms with Crippen molar-refractivity contribution in [2.75, 3.05) is 0 Å². The molecule has 0 bridgehead atoms. The molecule has 0 spiro atoms. The molecule has 0 unspecified atom stereocenters. The average Bonchev–Trinajstić information content (AvgIpc) is 2.91. The number of carbonyl (C=O) groups excluding carboxylic acids is 2. The van der Waals surface area contributed by atoms with E-state index in [1.165, 1.54) is 26.2 Å². The number of esters is 1. The minimum absolute atomic E-state index is 0.0721. The van der Waals surface area contributed by atoms with Crippen LogP contribution in [0.3, 0.4) is 0 Å². The fraction of sp³-hybridized carbons (Fsp3) is 0.826. The van der Waals surface area contributed by atoms with Crippen LogP contribution in [0.25, 0.3) is 0 Å². The van der Waals surface area contributed by atoms with Crippen LogP contribution in [-0.4, -0.2) is 24.0 Å². The van der Waals surface area contributed by atoms with Gasteiger partial charge in [-0.2, -0.15) is 0 Å². The van der Waals surface area contributed by atoms with E-state index >= 15 is 0 Å². The van der Waals surface area contributed by atoms with Crippen LogP contribution in [0.1, 0.15) is 79.1 Å². The first kappa shape index (κ1) is 19.0. The molecule has 3 fully saturated rings. The normalized spacial score (nSPS) is 45.8. The van der Waals surface area contributed by atoms with Gasteiger partial charge in [-0.05, 0) is 73.5 Å². The summed E-state index contributed by atoms with van der Waals surface area (Å²) in [5, 5.41) is 3.26. The van der Waals surface area contributed by atoms with Gasteiger partial charge in [0.2, 0.25) is 5.91 Å². The number of hydrogen-bond donors (Lipinski definition) is 1. The Kier molecular flexibility index (Phi) is 4.67. The van der Waals surface area contributed by atoms with Crippen LogP contribution >= 0.6 is 0 Å². The first-order valence-corrected chi connectivity index (χ1v) is 10.9. The Labute approximate surface area is 163 Å². The van der Waals surface area contributed by atoms with Crippen LogP contribution in [0, 0.1) is 28.6 Å². The molecule has 3 saturated carbocycles. The number of rotatable bonds is 2. The Hall–Kier alpha value is -1.32. The van der Waals surface area contributed by atoms with Crippen LogP contribution in [-0.2, 0) is 14.3 Å². The van der Waals surface area contributed by atoms with Gasteiger partial charge >= 0.3 is 5.97 Å². The van der Waals surface area contributed by atoms with Crippen molar-refractivity contribution in [3.8, 4) is 0 Å². The highest BCUT2D eigenvalue weighted by Crippen LogP contribution is 2.64. The van der Waals surface area contributed by atoms with E-state index in [1.54, 1.807) is 12.5 Å². The zero-order valence-electron chi connectivity index (χ0n) is 17.3. The monoisotopic (exact) mass is 373 g/mol. The third-order valence-electron chi connectivity index (χ3n) is 8.77. The van der Waals surface area contributed by atoms with E-state index < -0.39 is 0 Å². The molecule has 0 radical (unpaired) electrons. The highest BCUT2D eigenvalue weighted by molar-refractivity contribution is 5.73. The predicted octanol–water partition coefficient (Wildman–Crippen LogP) is 4.39. The Morgan fingerprint density at radius 2 is 1.85 bits per heavy atom. The maximum absolute atomic E-state index is 11.7. The number of ether oxygens (including phenoxy) is 1. The number of fused-ring (bicyclic) bond motifs is 5. The van der Waals surface area contributed by atoms with E-state index in [0.29, 0.717) is 12.0 Å². The lowest BCUT2D eigenvalue weighted by Crippen LogP contribution is -2.53. The first-order valence-electron chi connectivity index (χ1n) is 10.9. The molecule has 4 nitrogen and oxygen atoms in total. The molecule has 0 aromatic carbocycles. The molecule has 27 heavy (non-hydrogen) atoms. The molecule has 4 aliphatic rings. The lowest BCUT2D eigenvalue weighted by molar-refractivity contribution is -0.148. The number of hydrogen-bond acceptors (Lipinski definition) is 3. The average molecular weight is 374 g/mol. The Morgan fingerprint density at radius 3 is 2.56 bits per heavy atom. The van der Waals surface area contributed by atoms with Crippen LogP contribution in [0.5, 0.6) is 0 Å². The van der Waals surface area contributed by atoms with Crippen molar-refractivity contribution < 1.29 is 14.3 Å². The second-order valence-electron chi connectivity index (χ2n) is 10.1. The summed E-state index contributed by atoms with van der Waals surface area (Å²) in [5.74, 6) is 2.16. The lowest BCUT2D eigenvalue weighted by atomic mass is 9.48. The van der Waals surface area contributed by atoms with E-state index in [-0.39, 0.29) is 28.8 Å². The summed E-state index contributed by atoms with van der Waals surface area (Å²) < 4.78 is 5.54. The molecule has 0 aliphatic heterocycles. The summed E-state index contributed by atoms with van der Waals surface area (Å²) in [5.41, 5.74) is 2.07. The summed E-state index contributed by atoms with van der Waals surface area (Å²) in [7, 11) is 0. The molecule has 0 aromatic rings. The highest BCUT2D eigenvalue weighted by Gasteiger charge is 2.58. The fourth-order valence-electron chi connectivity index (χ4n) is 7.45. The van der Waals surface area contributed by atoms with Gasteiger partial charge in [-0.3, -0.25) is 9.59 Å². The zero-order valence-corrected chi connectivity index (χ0v) is 17.3. The number of amides is 1. The highest BCUT2D eigenvalue weighted by atomic mass is 16.5. The van der Waals surface area contributed by atoms with E-state index in [0.717, 1.165) is 43.9 Å². The van der Waals surface area contributed by atoms with Gasteiger partial charge in [-0.15, -0.1) is 0 Å². The summed E-state index contributed by atoms with van der Waals surface area (Å²) >= 11 is 0. The zero-order chi connectivity index (χ0) is 19.4. The van der Waals surface area contributed by atoms with Crippen molar-refractivity contribution in [3.63, 3.8) is 0 Å². The SMILES string of the molecule is CC(=O)N[C@@H]1CC[C@@H]2[C@@H]3CC=C4C[C@@H](OC(C)=O)CC[C@]4(C)[C@H]3CC[C@@]21C. The van der Waals surface area contributed by atoms with Crippen molar-refractivity contribution in [2.45, 2.75) is 91.2 Å². The standard InChI is InChI=1S/C23H35NO3/c1-14(25)24-21-8-7-19-18-6-5-16-13-17(27-15(2)26)9-11-22(16,3)20(18)10-12-23(19,21)4/h5,17-21H,6-13H2,1-4H3,(H,24,25)/t17-,18-,19+,20-,21+,22-,23-/m0/s1. The Balaban J connectivity index is 1.55. The second kappa shape index (κ2) is 6.63. The molecule has 0 heterocycles. The molecule has 0 aromatic heterocycles. The van der Waals surface area contributed by atoms with E-state index in [1.807, 2.05) is 0 Å². The van der Waals surface area contributed by atoms with Crippen molar-refractivity contribution in [1.82, 2.24) is 5.32 Å². The fourth-order valence-corrected chi connectivity index (χ4v) is 7.45. The third kappa shape index (κ3) is 3.03. The third-order valence-corrected chi connectivity index (χ3v) is 8.77. The number of allylic oxidation sites excluding steroid dienone is 1. The van der Waals surface area contributed by atoms with Gasteiger partial charge < -0.3 is 10.1 Å². The van der Waals surface area contributed by atoms with Crippen molar-refractivity contribution in [1.29, 1.82) is 0 Å². The van der Waals surface area contributed by atoms with Gasteiger partial charge in [0.15, 0.2) is 0 Å². The van der Waals surface area contributed by atoms with Crippen LogP contribution in [0.15, 0.2) is 11.6 Å². The van der Waals surface area contributed by atoms with Gasteiger partial charge in [0.05, 0.1) is 0 Å². The smallest absolute Gasteiger partial charge is 0.302 e. The van der Waals surface area contributed by atoms with Gasteiger partial charge in [0.25, 0.3) is 0 Å². The molecule has 150 valence electrons. The molecule has 7 atom stereocenters. The van der Waals surface area contributed by atoms with Crippen molar-refractivity contribution in [3.05, 3.63) is 11.6 Å². The van der Waals surface area contributed by atoms with E-state index in [9.17, 15) is 9.59 Å². The van der Waals surface area contributed by atoms with Gasteiger partial charge in [0, 0.05) is 26.3 Å².